The maximum absolute atomic E-state index is 13.4. The van der Waals surface area contributed by atoms with Gasteiger partial charge in [-0.25, -0.2) is 4.39 Å². The number of halogens is 2. The molecule has 1 aliphatic rings. The van der Waals surface area contributed by atoms with Crippen molar-refractivity contribution in [3.8, 4) is 5.75 Å². The van der Waals surface area contributed by atoms with E-state index in [1.54, 1.807) is 13.3 Å². The Morgan fingerprint density at radius 3 is 2.68 bits per heavy atom. The molecule has 25 heavy (non-hydrogen) atoms. The molecule has 2 unspecified atom stereocenters. The fourth-order valence-electron chi connectivity index (χ4n) is 3.55. The molecule has 136 valence electrons. The number of hydrogen-bond donors (Lipinski definition) is 1. The van der Waals surface area contributed by atoms with E-state index in [-0.39, 0.29) is 35.8 Å². The molecular weight excluding hydrogens is 434 g/mol. The van der Waals surface area contributed by atoms with Crippen LogP contribution in [0.25, 0.3) is 0 Å². The third kappa shape index (κ3) is 4.48. The average Bonchev–Trinajstić information content (AvgIpc) is 3.04. The molecule has 1 saturated heterocycles. The minimum Gasteiger partial charge on any atom is -0.497 e. The highest BCUT2D eigenvalue weighted by molar-refractivity contribution is 14.0. The fraction of sp³-hybridized carbons (Fsp3) is 0.421. The van der Waals surface area contributed by atoms with E-state index in [1.165, 1.54) is 12.3 Å². The van der Waals surface area contributed by atoms with Gasteiger partial charge in [-0.05, 0) is 55.6 Å². The summed E-state index contributed by atoms with van der Waals surface area (Å²) in [6.45, 7) is 3.32. The van der Waals surface area contributed by atoms with Crippen molar-refractivity contribution in [2.45, 2.75) is 38.0 Å². The van der Waals surface area contributed by atoms with Gasteiger partial charge in [0, 0.05) is 18.8 Å². The maximum Gasteiger partial charge on any atom is 0.141 e. The second-order valence-corrected chi connectivity index (χ2v) is 6.52. The molecule has 0 spiro atoms. The first-order chi connectivity index (χ1) is 11.5. The smallest absolute Gasteiger partial charge is 0.141 e. The van der Waals surface area contributed by atoms with Crippen LogP contribution in [-0.2, 0) is 12.1 Å². The predicted octanol–water partition coefficient (Wildman–Crippen LogP) is 3.72. The quantitative estimate of drug-likeness (QED) is 0.695. The lowest BCUT2D eigenvalue weighted by atomic mass is 9.86. The summed E-state index contributed by atoms with van der Waals surface area (Å²) in [5.74, 6) is 0.439. The van der Waals surface area contributed by atoms with Crippen LogP contribution in [0.3, 0.4) is 0 Å². The van der Waals surface area contributed by atoms with Crippen molar-refractivity contribution in [3.63, 3.8) is 0 Å². The topological polar surface area (TPSA) is 45.6 Å². The van der Waals surface area contributed by atoms with E-state index in [4.69, 9.17) is 4.74 Å². The molecule has 1 aromatic heterocycles. The number of nitrogens with zero attached hydrogens (tertiary/aromatic N) is 2. The third-order valence-corrected chi connectivity index (χ3v) is 4.83. The molecule has 1 N–H and O–H groups in total. The van der Waals surface area contributed by atoms with E-state index >= 15 is 0 Å². The van der Waals surface area contributed by atoms with E-state index in [0.29, 0.717) is 6.54 Å². The van der Waals surface area contributed by atoms with Crippen LogP contribution in [0.4, 0.5) is 4.39 Å². The largest absolute Gasteiger partial charge is 0.497 e. The van der Waals surface area contributed by atoms with Crippen molar-refractivity contribution < 1.29 is 14.2 Å². The highest BCUT2D eigenvalue weighted by atomic mass is 127. The normalized spacial score (nSPS) is 19.9. The monoisotopic (exact) mass is 458 g/mol. The van der Waals surface area contributed by atoms with Gasteiger partial charge in [0.2, 0.25) is 0 Å². The van der Waals surface area contributed by atoms with Crippen molar-refractivity contribution in [3.05, 3.63) is 59.7 Å². The summed E-state index contributed by atoms with van der Waals surface area (Å²) >= 11 is 0. The number of aromatic nitrogens is 1. The highest BCUT2D eigenvalue weighted by Crippen LogP contribution is 2.36. The van der Waals surface area contributed by atoms with Crippen LogP contribution in [-0.4, -0.2) is 34.7 Å². The van der Waals surface area contributed by atoms with Crippen LogP contribution in [0.2, 0.25) is 0 Å². The van der Waals surface area contributed by atoms with Crippen LogP contribution in [0.5, 0.6) is 5.75 Å². The Labute approximate surface area is 165 Å². The van der Waals surface area contributed by atoms with Crippen molar-refractivity contribution in [2.24, 2.45) is 0 Å². The standard InChI is InChI=1S/C19H23FN2O2.HI/c1-19(23,15-5-7-17(24-2)8-6-15)18-4-3-9-22(18)13-14-10-16(20)12-21-11-14;/h5-8,10-12,18,23H,3-4,9,13H2,1-2H3;1H. The molecule has 1 fully saturated rings. The molecule has 1 aromatic carbocycles. The highest BCUT2D eigenvalue weighted by Gasteiger charge is 2.40. The molecule has 6 heteroatoms. The zero-order chi connectivity index (χ0) is 17.2. The van der Waals surface area contributed by atoms with Gasteiger partial charge < -0.3 is 9.84 Å². The number of likely N-dealkylation sites (tertiary alicyclic amines) is 1. The Kier molecular flexibility index (Phi) is 6.76. The number of pyridine rings is 1. The van der Waals surface area contributed by atoms with E-state index in [2.05, 4.69) is 9.88 Å². The van der Waals surface area contributed by atoms with Crippen LogP contribution in [0, 0.1) is 5.82 Å². The van der Waals surface area contributed by atoms with Gasteiger partial charge in [-0.1, -0.05) is 12.1 Å². The minimum absolute atomic E-state index is 0. The second-order valence-electron chi connectivity index (χ2n) is 6.52. The number of methoxy groups -OCH3 is 1. The summed E-state index contributed by atoms with van der Waals surface area (Å²) in [5, 5.41) is 11.2. The van der Waals surface area contributed by atoms with Crippen LogP contribution in [0.15, 0.2) is 42.7 Å². The van der Waals surface area contributed by atoms with Crippen molar-refractivity contribution in [1.29, 1.82) is 0 Å². The first kappa shape index (κ1) is 20.1. The molecule has 2 atom stereocenters. The zero-order valence-electron chi connectivity index (χ0n) is 14.5. The number of benzene rings is 1. The molecule has 0 amide bonds. The molecule has 0 aliphatic carbocycles. The van der Waals surface area contributed by atoms with Crippen LogP contribution < -0.4 is 4.74 Å². The number of hydrogen-bond acceptors (Lipinski definition) is 4. The first-order valence-corrected chi connectivity index (χ1v) is 8.21. The fourth-order valence-corrected chi connectivity index (χ4v) is 3.55. The molecule has 0 radical (unpaired) electrons. The molecule has 3 rings (SSSR count). The molecule has 0 bridgehead atoms. The minimum atomic E-state index is -0.983. The molecule has 4 nitrogen and oxygen atoms in total. The summed E-state index contributed by atoms with van der Waals surface area (Å²) in [7, 11) is 1.62. The Morgan fingerprint density at radius 2 is 2.04 bits per heavy atom. The third-order valence-electron chi connectivity index (χ3n) is 4.83. The van der Waals surface area contributed by atoms with Gasteiger partial charge in [0.25, 0.3) is 0 Å². The van der Waals surface area contributed by atoms with E-state index in [9.17, 15) is 9.50 Å². The Hall–Kier alpha value is -1.25. The number of ether oxygens (including phenoxy) is 1. The first-order valence-electron chi connectivity index (χ1n) is 8.21. The van der Waals surface area contributed by atoms with Crippen LogP contribution >= 0.6 is 24.0 Å². The lowest BCUT2D eigenvalue weighted by Gasteiger charge is -2.37. The Bertz CT molecular complexity index is 694. The molecule has 1 aliphatic heterocycles. The van der Waals surface area contributed by atoms with Crippen molar-refractivity contribution >= 4 is 24.0 Å². The summed E-state index contributed by atoms with van der Waals surface area (Å²) in [5.41, 5.74) is 0.703. The number of aliphatic hydroxyl groups is 1. The second kappa shape index (κ2) is 8.42. The van der Waals surface area contributed by atoms with Crippen molar-refractivity contribution in [1.82, 2.24) is 9.88 Å². The summed E-state index contributed by atoms with van der Waals surface area (Å²) < 4.78 is 18.6. The summed E-state index contributed by atoms with van der Waals surface area (Å²) in [4.78, 5) is 6.12. The average molecular weight is 458 g/mol. The molecule has 2 heterocycles. The number of rotatable bonds is 5. The van der Waals surface area contributed by atoms with Gasteiger partial charge in [0.1, 0.15) is 17.2 Å². The van der Waals surface area contributed by atoms with Gasteiger partial charge in [-0.2, -0.15) is 0 Å². The van der Waals surface area contributed by atoms with Gasteiger partial charge in [0.15, 0.2) is 0 Å². The van der Waals surface area contributed by atoms with Gasteiger partial charge in [-0.3, -0.25) is 9.88 Å². The van der Waals surface area contributed by atoms with Gasteiger partial charge in [0.05, 0.1) is 13.3 Å². The summed E-state index contributed by atoms with van der Waals surface area (Å²) in [6, 6.07) is 9.01. The zero-order valence-corrected chi connectivity index (χ0v) is 16.8. The predicted molar refractivity (Wildman–Crippen MR) is 106 cm³/mol. The van der Waals surface area contributed by atoms with E-state index < -0.39 is 5.60 Å². The maximum atomic E-state index is 13.4. The molecule has 0 saturated carbocycles. The van der Waals surface area contributed by atoms with Gasteiger partial charge >= 0.3 is 0 Å². The van der Waals surface area contributed by atoms with E-state index in [1.807, 2.05) is 31.2 Å². The van der Waals surface area contributed by atoms with E-state index in [0.717, 1.165) is 36.3 Å². The summed E-state index contributed by atoms with van der Waals surface area (Å²) in [6.07, 6.45) is 4.81. The van der Waals surface area contributed by atoms with Gasteiger partial charge in [-0.15, -0.1) is 24.0 Å². The lowest BCUT2D eigenvalue weighted by molar-refractivity contribution is -0.0255. The van der Waals surface area contributed by atoms with Crippen molar-refractivity contribution in [2.75, 3.05) is 13.7 Å². The SMILES string of the molecule is COc1ccc(C(C)(O)C2CCCN2Cc2cncc(F)c2)cc1.I. The Morgan fingerprint density at radius 1 is 1.32 bits per heavy atom. The van der Waals surface area contributed by atoms with Crippen LogP contribution in [0.1, 0.15) is 30.9 Å². The molecular formula is C19H24FIN2O2. The Balaban J connectivity index is 0.00000225. The molecule has 2 aromatic rings. The lowest BCUT2D eigenvalue weighted by Crippen LogP contribution is -2.45.